The van der Waals surface area contributed by atoms with Crippen molar-refractivity contribution in [2.75, 3.05) is 19.6 Å². The molecule has 0 aliphatic rings. The first-order valence-corrected chi connectivity index (χ1v) is 9.47. The number of nitrogens with zero attached hydrogens (tertiary/aromatic N) is 1. The predicted molar refractivity (Wildman–Crippen MR) is 96.6 cm³/mol. The first-order valence-electron chi connectivity index (χ1n) is 7.71. The number of hydrogen-bond acceptors (Lipinski definition) is 5. The zero-order chi connectivity index (χ0) is 16.8. The molecule has 0 bridgehead atoms. The van der Waals surface area contributed by atoms with Gasteiger partial charge in [-0.3, -0.25) is 14.5 Å². The summed E-state index contributed by atoms with van der Waals surface area (Å²) in [6, 6.07) is 5.71. The number of carbonyl (C=O) groups is 2. The molecule has 1 atom stereocenters. The fraction of sp³-hybridized carbons (Fsp3) is 0.412. The molecule has 0 saturated heterocycles. The Morgan fingerprint density at radius 1 is 1.17 bits per heavy atom. The molecule has 124 valence electrons. The van der Waals surface area contributed by atoms with Gasteiger partial charge < -0.3 is 5.32 Å². The maximum Gasteiger partial charge on any atom is 0.261 e. The van der Waals surface area contributed by atoms with Crippen LogP contribution >= 0.6 is 22.7 Å². The summed E-state index contributed by atoms with van der Waals surface area (Å²) >= 11 is 2.91. The van der Waals surface area contributed by atoms with Crippen LogP contribution in [-0.2, 0) is 0 Å². The molecule has 2 aromatic rings. The summed E-state index contributed by atoms with van der Waals surface area (Å²) in [5.41, 5.74) is 1.23. The Bertz CT molecular complexity index is 645. The maximum atomic E-state index is 12.3. The van der Waals surface area contributed by atoms with Gasteiger partial charge in [0.2, 0.25) is 0 Å². The second kappa shape index (κ2) is 8.38. The van der Waals surface area contributed by atoms with Crippen LogP contribution in [-0.4, -0.2) is 36.2 Å². The number of rotatable bonds is 8. The lowest BCUT2D eigenvalue weighted by Gasteiger charge is -2.29. The molecule has 0 radical (unpaired) electrons. The Hall–Kier alpha value is -1.50. The molecule has 2 rings (SSSR count). The number of nitrogens with one attached hydrogen (secondary N) is 1. The van der Waals surface area contributed by atoms with Gasteiger partial charge in [-0.1, -0.05) is 13.8 Å². The van der Waals surface area contributed by atoms with Crippen LogP contribution in [0.25, 0.3) is 0 Å². The van der Waals surface area contributed by atoms with Crippen molar-refractivity contribution in [3.05, 3.63) is 44.3 Å². The summed E-state index contributed by atoms with van der Waals surface area (Å²) in [6.07, 6.45) is 0. The summed E-state index contributed by atoms with van der Waals surface area (Å²) in [5.74, 6) is -0.122. The highest BCUT2D eigenvalue weighted by Crippen LogP contribution is 2.23. The van der Waals surface area contributed by atoms with Crippen molar-refractivity contribution in [2.45, 2.75) is 26.8 Å². The van der Waals surface area contributed by atoms with E-state index in [-0.39, 0.29) is 17.7 Å². The average Bonchev–Trinajstić information content (AvgIpc) is 3.22. The Balaban J connectivity index is 2.05. The minimum absolute atomic E-state index is 0.00617. The normalized spacial score (nSPS) is 12.3. The van der Waals surface area contributed by atoms with Crippen LogP contribution in [0.1, 0.15) is 51.7 Å². The first-order chi connectivity index (χ1) is 11.1. The van der Waals surface area contributed by atoms with E-state index in [1.165, 1.54) is 23.8 Å². The number of Topliss-reactive ketones (excluding diaryl/α,β-unsaturated/α-hetero) is 1. The van der Waals surface area contributed by atoms with Gasteiger partial charge in [-0.15, -0.1) is 11.3 Å². The van der Waals surface area contributed by atoms with Crippen LogP contribution in [0.2, 0.25) is 0 Å². The number of carbonyl (C=O) groups excluding carboxylic acids is 2. The summed E-state index contributed by atoms with van der Waals surface area (Å²) in [4.78, 5) is 27.2. The smallest absolute Gasteiger partial charge is 0.261 e. The van der Waals surface area contributed by atoms with Crippen molar-refractivity contribution in [2.24, 2.45) is 0 Å². The number of likely N-dealkylation sites (N-methyl/N-ethyl adjacent to an activating group) is 1. The van der Waals surface area contributed by atoms with Gasteiger partial charge in [-0.2, -0.15) is 11.3 Å². The van der Waals surface area contributed by atoms with Gasteiger partial charge in [-0.05, 0) is 54.5 Å². The Kier molecular flexibility index (Phi) is 6.50. The first kappa shape index (κ1) is 17.8. The van der Waals surface area contributed by atoms with Crippen molar-refractivity contribution in [1.82, 2.24) is 10.2 Å². The lowest BCUT2D eigenvalue weighted by Crippen LogP contribution is -2.37. The van der Waals surface area contributed by atoms with E-state index in [1.807, 2.05) is 0 Å². The van der Waals surface area contributed by atoms with Crippen LogP contribution in [0.3, 0.4) is 0 Å². The van der Waals surface area contributed by atoms with Crippen LogP contribution < -0.4 is 5.32 Å². The topological polar surface area (TPSA) is 49.4 Å². The molecule has 4 nitrogen and oxygen atoms in total. The van der Waals surface area contributed by atoms with Crippen molar-refractivity contribution in [1.29, 1.82) is 0 Å². The molecule has 0 fully saturated rings. The number of ketones is 1. The van der Waals surface area contributed by atoms with Crippen molar-refractivity contribution in [3.63, 3.8) is 0 Å². The number of hydrogen-bond donors (Lipinski definition) is 1. The quantitative estimate of drug-likeness (QED) is 0.736. The Morgan fingerprint density at radius 3 is 2.39 bits per heavy atom. The second-order valence-electron chi connectivity index (χ2n) is 5.22. The van der Waals surface area contributed by atoms with Gasteiger partial charge in [0.05, 0.1) is 15.8 Å². The fourth-order valence-electron chi connectivity index (χ4n) is 2.51. The zero-order valence-corrected chi connectivity index (χ0v) is 15.3. The molecular weight excluding hydrogens is 328 g/mol. The summed E-state index contributed by atoms with van der Waals surface area (Å²) in [5, 5.41) is 7.21. The van der Waals surface area contributed by atoms with Gasteiger partial charge in [0.25, 0.3) is 5.91 Å². The lowest BCUT2D eigenvalue weighted by atomic mass is 10.1. The van der Waals surface area contributed by atoms with Crippen LogP contribution in [0, 0.1) is 0 Å². The molecule has 2 heterocycles. The van der Waals surface area contributed by atoms with E-state index < -0.39 is 0 Å². The fourth-order valence-corrected chi connectivity index (χ4v) is 4.04. The van der Waals surface area contributed by atoms with E-state index in [2.05, 4.69) is 40.9 Å². The van der Waals surface area contributed by atoms with Gasteiger partial charge in [-0.25, -0.2) is 0 Å². The summed E-state index contributed by atoms with van der Waals surface area (Å²) in [6.45, 7) is 8.19. The van der Waals surface area contributed by atoms with Gasteiger partial charge in [0.1, 0.15) is 0 Å². The molecule has 1 amide bonds. The van der Waals surface area contributed by atoms with Gasteiger partial charge in [0.15, 0.2) is 5.78 Å². The predicted octanol–water partition coefficient (Wildman–Crippen LogP) is 3.83. The van der Waals surface area contributed by atoms with E-state index in [4.69, 9.17) is 0 Å². The highest BCUT2D eigenvalue weighted by molar-refractivity contribution is 7.16. The van der Waals surface area contributed by atoms with E-state index >= 15 is 0 Å². The summed E-state index contributed by atoms with van der Waals surface area (Å²) < 4.78 is 0. The minimum atomic E-state index is -0.116. The third kappa shape index (κ3) is 4.50. The standard InChI is InChI=1S/C17H22N2O2S2/c1-4-19(5-2)14(13-8-9-22-11-13)10-18-17(21)16-7-6-15(23-16)12(3)20/h6-9,11,14H,4-5,10H2,1-3H3,(H,18,21)/t14-/m0/s1. The molecule has 0 aliphatic carbocycles. The molecule has 1 N–H and O–H groups in total. The van der Waals surface area contributed by atoms with E-state index in [9.17, 15) is 9.59 Å². The number of amides is 1. The molecular formula is C17H22N2O2S2. The average molecular weight is 351 g/mol. The van der Waals surface area contributed by atoms with Gasteiger partial charge >= 0.3 is 0 Å². The lowest BCUT2D eigenvalue weighted by molar-refractivity contribution is 0.0938. The molecule has 2 aromatic heterocycles. The Morgan fingerprint density at radius 2 is 1.87 bits per heavy atom. The molecule has 0 spiro atoms. The number of thiophene rings is 2. The van der Waals surface area contributed by atoms with Crippen molar-refractivity contribution < 1.29 is 9.59 Å². The second-order valence-corrected chi connectivity index (χ2v) is 7.09. The third-order valence-corrected chi connectivity index (χ3v) is 5.70. The highest BCUT2D eigenvalue weighted by Gasteiger charge is 2.20. The van der Waals surface area contributed by atoms with Crippen LogP contribution in [0.4, 0.5) is 0 Å². The monoisotopic (exact) mass is 350 g/mol. The molecule has 0 unspecified atom stereocenters. The SMILES string of the molecule is CCN(CC)[C@@H](CNC(=O)c1ccc(C(C)=O)s1)c1ccsc1. The molecule has 0 aromatic carbocycles. The van der Waals surface area contributed by atoms with E-state index in [1.54, 1.807) is 23.5 Å². The van der Waals surface area contributed by atoms with Crippen LogP contribution in [0.15, 0.2) is 29.0 Å². The molecule has 6 heteroatoms. The van der Waals surface area contributed by atoms with E-state index in [0.717, 1.165) is 13.1 Å². The maximum absolute atomic E-state index is 12.3. The Labute approximate surface area is 145 Å². The minimum Gasteiger partial charge on any atom is -0.349 e. The third-order valence-electron chi connectivity index (χ3n) is 3.81. The van der Waals surface area contributed by atoms with Gasteiger partial charge in [0, 0.05) is 6.54 Å². The summed E-state index contributed by atoms with van der Waals surface area (Å²) in [7, 11) is 0. The van der Waals surface area contributed by atoms with Crippen molar-refractivity contribution >= 4 is 34.4 Å². The van der Waals surface area contributed by atoms with Crippen LogP contribution in [0.5, 0.6) is 0 Å². The molecule has 23 heavy (non-hydrogen) atoms. The van der Waals surface area contributed by atoms with E-state index in [0.29, 0.717) is 16.3 Å². The largest absolute Gasteiger partial charge is 0.349 e. The highest BCUT2D eigenvalue weighted by atomic mass is 32.1. The molecule has 0 aliphatic heterocycles. The van der Waals surface area contributed by atoms with Crippen molar-refractivity contribution in [3.8, 4) is 0 Å². The zero-order valence-electron chi connectivity index (χ0n) is 13.7. The molecule has 0 saturated carbocycles.